The molecule has 0 aliphatic carbocycles. The number of nitrogens with zero attached hydrogens (tertiary/aromatic N) is 2. The van der Waals surface area contributed by atoms with Crippen molar-refractivity contribution in [1.82, 2.24) is 9.80 Å². The van der Waals surface area contributed by atoms with Crippen molar-refractivity contribution in [1.29, 1.82) is 0 Å². The van der Waals surface area contributed by atoms with Crippen molar-refractivity contribution in [3.63, 3.8) is 0 Å². The van der Waals surface area contributed by atoms with Crippen LogP contribution in [0, 0.1) is 0 Å². The Kier molecular flexibility index (Phi) is 3.44. The summed E-state index contributed by atoms with van der Waals surface area (Å²) in [6.45, 7) is 7.23. The average molecular weight is 215 g/mol. The Balaban J connectivity index is 2.57. The lowest BCUT2D eigenvalue weighted by molar-refractivity contribution is -0.120. The third kappa shape index (κ3) is 2.22. The van der Waals surface area contributed by atoms with E-state index in [9.17, 15) is 4.79 Å². The fraction of sp³-hybridized carbons (Fsp3) is 0.778. The number of hydrogen-bond donors (Lipinski definition) is 1. The molecule has 0 radical (unpaired) electrons. The molecule has 80 valence electrons. The number of carbonyl (C=O) groups is 1. The van der Waals surface area contributed by atoms with Crippen LogP contribution >= 0.6 is 12.2 Å². The van der Waals surface area contributed by atoms with Gasteiger partial charge in [0, 0.05) is 26.2 Å². The van der Waals surface area contributed by atoms with Gasteiger partial charge >= 0.3 is 0 Å². The Hall–Kier alpha value is -0.680. The summed E-state index contributed by atoms with van der Waals surface area (Å²) in [5.74, 6) is 0. The molecule has 1 saturated heterocycles. The highest BCUT2D eigenvalue weighted by Crippen LogP contribution is 2.16. The summed E-state index contributed by atoms with van der Waals surface area (Å²) in [5.41, 5.74) is 5.43. The highest BCUT2D eigenvalue weighted by atomic mass is 32.1. The van der Waals surface area contributed by atoms with Crippen molar-refractivity contribution in [3.05, 3.63) is 0 Å². The topological polar surface area (TPSA) is 49.6 Å². The van der Waals surface area contributed by atoms with E-state index in [4.69, 9.17) is 18.0 Å². The SMILES string of the molecule is CC(C)(C(N)=S)N1CCN(C=O)CC1. The molecule has 2 N–H and O–H groups in total. The number of thiocarbonyl (C=S) groups is 1. The van der Waals surface area contributed by atoms with E-state index in [-0.39, 0.29) is 5.54 Å². The van der Waals surface area contributed by atoms with E-state index in [1.807, 2.05) is 13.8 Å². The summed E-state index contributed by atoms with van der Waals surface area (Å²) in [6, 6.07) is 0. The number of rotatable bonds is 3. The first kappa shape index (κ1) is 11.4. The molecule has 0 aromatic heterocycles. The third-order valence-corrected chi connectivity index (χ3v) is 3.36. The van der Waals surface area contributed by atoms with Gasteiger partial charge < -0.3 is 10.6 Å². The van der Waals surface area contributed by atoms with Gasteiger partial charge in [-0.25, -0.2) is 0 Å². The molecule has 0 saturated carbocycles. The predicted octanol–water partition coefficient (Wildman–Crippen LogP) is -0.175. The van der Waals surface area contributed by atoms with Gasteiger partial charge in [-0.1, -0.05) is 12.2 Å². The second kappa shape index (κ2) is 4.23. The van der Waals surface area contributed by atoms with Crippen molar-refractivity contribution in [2.75, 3.05) is 26.2 Å². The van der Waals surface area contributed by atoms with Gasteiger partial charge in [-0.05, 0) is 13.8 Å². The molecule has 14 heavy (non-hydrogen) atoms. The summed E-state index contributed by atoms with van der Waals surface area (Å²) in [7, 11) is 0. The van der Waals surface area contributed by atoms with Crippen LogP contribution in [0.25, 0.3) is 0 Å². The van der Waals surface area contributed by atoms with Crippen LogP contribution in [0.3, 0.4) is 0 Å². The summed E-state index contributed by atoms with van der Waals surface area (Å²) >= 11 is 5.02. The zero-order valence-electron chi connectivity index (χ0n) is 8.69. The molecule has 1 fully saturated rings. The number of hydrogen-bond acceptors (Lipinski definition) is 3. The molecule has 5 heteroatoms. The van der Waals surface area contributed by atoms with Crippen LogP contribution in [0.2, 0.25) is 0 Å². The number of amides is 1. The van der Waals surface area contributed by atoms with E-state index in [1.165, 1.54) is 0 Å². The Morgan fingerprint density at radius 3 is 2.21 bits per heavy atom. The number of nitrogens with two attached hydrogens (primary N) is 1. The molecule has 0 spiro atoms. The molecule has 4 nitrogen and oxygen atoms in total. The van der Waals surface area contributed by atoms with Crippen LogP contribution in [-0.2, 0) is 4.79 Å². The van der Waals surface area contributed by atoms with E-state index < -0.39 is 0 Å². The molecule has 0 aromatic rings. The van der Waals surface area contributed by atoms with Crippen LogP contribution in [0.1, 0.15) is 13.8 Å². The summed E-state index contributed by atoms with van der Waals surface area (Å²) in [5, 5.41) is 0. The lowest BCUT2D eigenvalue weighted by Crippen LogP contribution is -2.58. The zero-order valence-corrected chi connectivity index (χ0v) is 9.51. The molecule has 0 atom stereocenters. The minimum atomic E-state index is -0.246. The molecule has 1 amide bonds. The maximum atomic E-state index is 10.5. The Labute approximate surface area is 90.0 Å². The van der Waals surface area contributed by atoms with Gasteiger partial charge in [0.15, 0.2) is 0 Å². The van der Waals surface area contributed by atoms with E-state index in [2.05, 4.69) is 4.90 Å². The van der Waals surface area contributed by atoms with Gasteiger partial charge in [0.05, 0.1) is 10.5 Å². The van der Waals surface area contributed by atoms with E-state index in [0.29, 0.717) is 4.99 Å². The van der Waals surface area contributed by atoms with Crippen molar-refractivity contribution in [2.24, 2.45) is 5.73 Å². The summed E-state index contributed by atoms with van der Waals surface area (Å²) < 4.78 is 0. The molecular formula is C9H17N3OS. The highest BCUT2D eigenvalue weighted by molar-refractivity contribution is 7.80. The molecule has 0 bridgehead atoms. The van der Waals surface area contributed by atoms with Gasteiger partial charge in [0.25, 0.3) is 0 Å². The van der Waals surface area contributed by atoms with Gasteiger partial charge in [0.1, 0.15) is 0 Å². The molecule has 1 heterocycles. The van der Waals surface area contributed by atoms with Crippen molar-refractivity contribution < 1.29 is 4.79 Å². The van der Waals surface area contributed by atoms with Crippen LogP contribution in [0.4, 0.5) is 0 Å². The normalized spacial score (nSPS) is 19.4. The van der Waals surface area contributed by atoms with Crippen molar-refractivity contribution >= 4 is 23.6 Å². The van der Waals surface area contributed by atoms with E-state index in [0.717, 1.165) is 32.6 Å². The summed E-state index contributed by atoms with van der Waals surface area (Å²) in [4.78, 5) is 15.0. The standard InChI is InChI=1S/C9H17N3OS/c1-9(2,8(10)14)12-5-3-11(7-13)4-6-12/h7H,3-6H2,1-2H3,(H2,10,14). The minimum absolute atomic E-state index is 0.246. The lowest BCUT2D eigenvalue weighted by atomic mass is 10.0. The van der Waals surface area contributed by atoms with Gasteiger partial charge in [-0.2, -0.15) is 0 Å². The maximum absolute atomic E-state index is 10.5. The first-order valence-corrected chi connectivity index (χ1v) is 5.13. The molecule has 1 aliphatic heterocycles. The van der Waals surface area contributed by atoms with Crippen LogP contribution in [-0.4, -0.2) is 52.9 Å². The largest absolute Gasteiger partial charge is 0.392 e. The smallest absolute Gasteiger partial charge is 0.209 e. The predicted molar refractivity (Wildman–Crippen MR) is 60.1 cm³/mol. The van der Waals surface area contributed by atoms with Gasteiger partial charge in [-0.15, -0.1) is 0 Å². The highest BCUT2D eigenvalue weighted by Gasteiger charge is 2.31. The minimum Gasteiger partial charge on any atom is -0.392 e. The first-order valence-electron chi connectivity index (χ1n) is 4.73. The Bertz CT molecular complexity index is 234. The maximum Gasteiger partial charge on any atom is 0.209 e. The molecule has 0 aromatic carbocycles. The van der Waals surface area contributed by atoms with Crippen molar-refractivity contribution in [3.8, 4) is 0 Å². The van der Waals surface area contributed by atoms with E-state index >= 15 is 0 Å². The first-order chi connectivity index (χ1) is 6.48. The lowest BCUT2D eigenvalue weighted by Gasteiger charge is -2.42. The summed E-state index contributed by atoms with van der Waals surface area (Å²) in [6.07, 6.45) is 0.894. The molecule has 0 unspecified atom stereocenters. The third-order valence-electron chi connectivity index (χ3n) is 2.86. The van der Waals surface area contributed by atoms with Gasteiger partial charge in [0.2, 0.25) is 6.41 Å². The average Bonchev–Trinajstić information content (AvgIpc) is 2.17. The molecule has 1 rings (SSSR count). The monoisotopic (exact) mass is 215 g/mol. The van der Waals surface area contributed by atoms with Crippen LogP contribution in [0.5, 0.6) is 0 Å². The van der Waals surface area contributed by atoms with Gasteiger partial charge in [-0.3, -0.25) is 9.69 Å². The van der Waals surface area contributed by atoms with Crippen LogP contribution < -0.4 is 5.73 Å². The fourth-order valence-electron chi connectivity index (χ4n) is 1.54. The Morgan fingerprint density at radius 1 is 1.36 bits per heavy atom. The number of piperazine rings is 1. The fourth-order valence-corrected chi connectivity index (χ4v) is 1.67. The second-order valence-corrected chi connectivity index (χ2v) is 4.49. The molecular weight excluding hydrogens is 198 g/mol. The quantitative estimate of drug-likeness (QED) is 0.524. The Morgan fingerprint density at radius 2 is 1.86 bits per heavy atom. The van der Waals surface area contributed by atoms with E-state index in [1.54, 1.807) is 4.90 Å². The zero-order chi connectivity index (χ0) is 10.8. The number of carbonyl (C=O) groups excluding carboxylic acids is 1. The van der Waals surface area contributed by atoms with Crippen molar-refractivity contribution in [2.45, 2.75) is 19.4 Å². The van der Waals surface area contributed by atoms with Crippen LogP contribution in [0.15, 0.2) is 0 Å². The molecule has 1 aliphatic rings. The second-order valence-electron chi connectivity index (χ2n) is 4.05.